The Morgan fingerprint density at radius 2 is 2.10 bits per heavy atom. The number of anilines is 1. The topological polar surface area (TPSA) is 58.6 Å². The van der Waals surface area contributed by atoms with E-state index < -0.39 is 0 Å². The first-order valence-electron chi connectivity index (χ1n) is 6.81. The SMILES string of the molecule is CCN(CCC(=O)OC)CC(=O)Nc1ccc(Br)c(C)c1. The summed E-state index contributed by atoms with van der Waals surface area (Å²) in [6.07, 6.45) is 0.287. The van der Waals surface area contributed by atoms with Gasteiger partial charge >= 0.3 is 5.97 Å². The number of carbonyl (C=O) groups excluding carboxylic acids is 2. The number of amides is 1. The number of carbonyl (C=O) groups is 2. The van der Waals surface area contributed by atoms with Crippen LogP contribution in [0.5, 0.6) is 0 Å². The van der Waals surface area contributed by atoms with Gasteiger partial charge in [0.1, 0.15) is 0 Å². The van der Waals surface area contributed by atoms with Crippen LogP contribution in [-0.4, -0.2) is 43.5 Å². The summed E-state index contributed by atoms with van der Waals surface area (Å²) in [5.74, 6) is -0.360. The highest BCUT2D eigenvalue weighted by atomic mass is 79.9. The first kappa shape index (κ1) is 17.7. The molecule has 0 spiro atoms. The Labute approximate surface area is 133 Å². The number of halogens is 1. The van der Waals surface area contributed by atoms with Gasteiger partial charge in [-0.3, -0.25) is 14.5 Å². The normalized spacial score (nSPS) is 10.5. The van der Waals surface area contributed by atoms with Crippen LogP contribution in [0.1, 0.15) is 18.9 Å². The van der Waals surface area contributed by atoms with Gasteiger partial charge in [0, 0.05) is 16.7 Å². The minimum atomic E-state index is -0.266. The molecule has 0 aliphatic carbocycles. The van der Waals surface area contributed by atoms with E-state index in [2.05, 4.69) is 26.0 Å². The summed E-state index contributed by atoms with van der Waals surface area (Å²) < 4.78 is 5.61. The first-order valence-corrected chi connectivity index (χ1v) is 7.60. The molecule has 0 radical (unpaired) electrons. The number of rotatable bonds is 7. The van der Waals surface area contributed by atoms with Crippen molar-refractivity contribution in [1.29, 1.82) is 0 Å². The van der Waals surface area contributed by atoms with Crippen molar-refractivity contribution in [2.75, 3.05) is 32.1 Å². The van der Waals surface area contributed by atoms with Gasteiger partial charge in [0.25, 0.3) is 0 Å². The number of benzene rings is 1. The molecule has 0 unspecified atom stereocenters. The van der Waals surface area contributed by atoms with E-state index in [0.29, 0.717) is 13.1 Å². The average Bonchev–Trinajstić information content (AvgIpc) is 2.46. The molecule has 0 bridgehead atoms. The van der Waals surface area contributed by atoms with Crippen molar-refractivity contribution in [1.82, 2.24) is 4.90 Å². The van der Waals surface area contributed by atoms with E-state index in [1.807, 2.05) is 36.9 Å². The Morgan fingerprint density at radius 3 is 2.67 bits per heavy atom. The predicted octanol–water partition coefficient (Wildman–Crippen LogP) is 2.58. The third-order valence-electron chi connectivity index (χ3n) is 3.12. The van der Waals surface area contributed by atoms with Crippen molar-refractivity contribution in [3.05, 3.63) is 28.2 Å². The summed E-state index contributed by atoms with van der Waals surface area (Å²) in [6, 6.07) is 5.66. The van der Waals surface area contributed by atoms with Gasteiger partial charge in [0.15, 0.2) is 0 Å². The molecular weight excluding hydrogens is 336 g/mol. The molecule has 0 aliphatic rings. The number of esters is 1. The van der Waals surface area contributed by atoms with E-state index in [-0.39, 0.29) is 24.8 Å². The van der Waals surface area contributed by atoms with Gasteiger partial charge in [-0.25, -0.2) is 0 Å². The maximum absolute atomic E-state index is 12.0. The van der Waals surface area contributed by atoms with E-state index in [1.54, 1.807) is 0 Å². The highest BCUT2D eigenvalue weighted by molar-refractivity contribution is 9.10. The summed E-state index contributed by atoms with van der Waals surface area (Å²) in [4.78, 5) is 25.0. The molecule has 5 nitrogen and oxygen atoms in total. The zero-order valence-corrected chi connectivity index (χ0v) is 14.2. The average molecular weight is 357 g/mol. The molecule has 0 saturated heterocycles. The lowest BCUT2D eigenvalue weighted by Gasteiger charge is -2.19. The molecule has 21 heavy (non-hydrogen) atoms. The number of aryl methyl sites for hydroxylation is 1. The van der Waals surface area contributed by atoms with E-state index in [0.717, 1.165) is 15.7 Å². The zero-order valence-electron chi connectivity index (χ0n) is 12.6. The minimum Gasteiger partial charge on any atom is -0.469 e. The smallest absolute Gasteiger partial charge is 0.306 e. The first-order chi connectivity index (χ1) is 9.96. The van der Waals surface area contributed by atoms with E-state index >= 15 is 0 Å². The third-order valence-corrected chi connectivity index (χ3v) is 4.01. The maximum atomic E-state index is 12.0. The van der Waals surface area contributed by atoms with Crippen molar-refractivity contribution in [2.45, 2.75) is 20.3 Å². The van der Waals surface area contributed by atoms with Crippen LogP contribution in [0.3, 0.4) is 0 Å². The van der Waals surface area contributed by atoms with Crippen LogP contribution in [-0.2, 0) is 14.3 Å². The molecule has 116 valence electrons. The number of nitrogens with zero attached hydrogens (tertiary/aromatic N) is 1. The van der Waals surface area contributed by atoms with Crippen LogP contribution in [0.2, 0.25) is 0 Å². The molecule has 0 aromatic heterocycles. The van der Waals surface area contributed by atoms with Crippen molar-refractivity contribution in [3.8, 4) is 0 Å². The van der Waals surface area contributed by atoms with Crippen LogP contribution in [0.15, 0.2) is 22.7 Å². The molecule has 6 heteroatoms. The van der Waals surface area contributed by atoms with Gasteiger partial charge in [0.05, 0.1) is 20.1 Å². The fourth-order valence-corrected chi connectivity index (χ4v) is 2.07. The fraction of sp³-hybridized carbons (Fsp3) is 0.467. The van der Waals surface area contributed by atoms with Crippen molar-refractivity contribution in [3.63, 3.8) is 0 Å². The molecule has 1 amide bonds. The molecule has 1 aromatic rings. The lowest BCUT2D eigenvalue weighted by atomic mass is 10.2. The zero-order chi connectivity index (χ0) is 15.8. The van der Waals surface area contributed by atoms with Gasteiger partial charge in [-0.2, -0.15) is 0 Å². The summed E-state index contributed by atoms with van der Waals surface area (Å²) in [5.41, 5.74) is 1.83. The molecule has 0 heterocycles. The van der Waals surface area contributed by atoms with Crippen LogP contribution < -0.4 is 5.32 Å². The fourth-order valence-electron chi connectivity index (χ4n) is 1.83. The molecule has 1 rings (SSSR count). The van der Waals surface area contributed by atoms with Crippen LogP contribution in [0.4, 0.5) is 5.69 Å². The van der Waals surface area contributed by atoms with Crippen molar-refractivity contribution in [2.24, 2.45) is 0 Å². The monoisotopic (exact) mass is 356 g/mol. The van der Waals surface area contributed by atoms with E-state index in [1.165, 1.54) is 7.11 Å². The minimum absolute atomic E-state index is 0.0940. The lowest BCUT2D eigenvalue weighted by Crippen LogP contribution is -2.34. The number of methoxy groups -OCH3 is 1. The summed E-state index contributed by atoms with van der Waals surface area (Å²) >= 11 is 3.42. The van der Waals surface area contributed by atoms with E-state index in [9.17, 15) is 9.59 Å². The highest BCUT2D eigenvalue weighted by Gasteiger charge is 2.11. The second-order valence-electron chi connectivity index (χ2n) is 4.71. The maximum Gasteiger partial charge on any atom is 0.306 e. The summed E-state index contributed by atoms with van der Waals surface area (Å²) in [5, 5.41) is 2.86. The third kappa shape index (κ3) is 6.27. The number of ether oxygens (including phenoxy) is 1. The summed E-state index contributed by atoms with van der Waals surface area (Å²) in [7, 11) is 1.36. The Morgan fingerprint density at radius 1 is 1.38 bits per heavy atom. The van der Waals surface area contributed by atoms with Gasteiger partial charge in [-0.05, 0) is 37.2 Å². The number of hydrogen-bond acceptors (Lipinski definition) is 4. The molecule has 0 saturated carbocycles. The quantitative estimate of drug-likeness (QED) is 0.762. The Kier molecular flexibility index (Phi) is 7.39. The Hall–Kier alpha value is -1.40. The van der Waals surface area contributed by atoms with Gasteiger partial charge < -0.3 is 10.1 Å². The van der Waals surface area contributed by atoms with Crippen molar-refractivity contribution < 1.29 is 14.3 Å². The molecule has 1 aromatic carbocycles. The predicted molar refractivity (Wildman–Crippen MR) is 86.3 cm³/mol. The lowest BCUT2D eigenvalue weighted by molar-refractivity contribution is -0.141. The molecular formula is C15H21BrN2O3. The Balaban J connectivity index is 2.50. The van der Waals surface area contributed by atoms with Crippen molar-refractivity contribution >= 4 is 33.5 Å². The Bertz CT molecular complexity index is 506. The van der Waals surface area contributed by atoms with Crippen LogP contribution >= 0.6 is 15.9 Å². The van der Waals surface area contributed by atoms with E-state index in [4.69, 9.17) is 0 Å². The number of nitrogens with one attached hydrogen (secondary N) is 1. The van der Waals surface area contributed by atoms with Crippen LogP contribution in [0.25, 0.3) is 0 Å². The molecule has 0 atom stereocenters. The summed E-state index contributed by atoms with van der Waals surface area (Å²) in [6.45, 7) is 5.38. The molecule has 0 aliphatic heterocycles. The van der Waals surface area contributed by atoms with Gasteiger partial charge in [0.2, 0.25) is 5.91 Å². The number of likely N-dealkylation sites (N-methyl/N-ethyl adjacent to an activating group) is 1. The van der Waals surface area contributed by atoms with Gasteiger partial charge in [-0.15, -0.1) is 0 Å². The second-order valence-corrected chi connectivity index (χ2v) is 5.56. The standard InChI is InChI=1S/C15H21BrN2O3/c1-4-18(8-7-15(20)21-3)10-14(19)17-12-5-6-13(16)11(2)9-12/h5-6,9H,4,7-8,10H2,1-3H3,(H,17,19). The number of hydrogen-bond donors (Lipinski definition) is 1. The molecule has 0 fully saturated rings. The highest BCUT2D eigenvalue weighted by Crippen LogP contribution is 2.19. The van der Waals surface area contributed by atoms with Gasteiger partial charge in [-0.1, -0.05) is 22.9 Å². The largest absolute Gasteiger partial charge is 0.469 e. The molecule has 1 N–H and O–H groups in total. The van der Waals surface area contributed by atoms with Crippen LogP contribution in [0, 0.1) is 6.92 Å². The second kappa shape index (κ2) is 8.79.